The van der Waals surface area contributed by atoms with Crippen molar-refractivity contribution in [1.29, 1.82) is 0 Å². The molecule has 0 bridgehead atoms. The van der Waals surface area contributed by atoms with E-state index < -0.39 is 0 Å². The maximum atomic E-state index is 11.9. The molecule has 2 aromatic carbocycles. The van der Waals surface area contributed by atoms with Crippen molar-refractivity contribution in [2.45, 2.75) is 13.3 Å². The van der Waals surface area contributed by atoms with Crippen molar-refractivity contribution in [3.8, 4) is 5.75 Å². The molecule has 0 aliphatic heterocycles. The van der Waals surface area contributed by atoms with Crippen LogP contribution in [0.5, 0.6) is 5.75 Å². The van der Waals surface area contributed by atoms with E-state index in [9.17, 15) is 4.79 Å². The van der Waals surface area contributed by atoms with Crippen molar-refractivity contribution in [2.75, 3.05) is 13.2 Å². The van der Waals surface area contributed by atoms with E-state index in [1.807, 2.05) is 55.5 Å². The predicted octanol–water partition coefficient (Wildman–Crippen LogP) is 3.87. The van der Waals surface area contributed by atoms with Crippen LogP contribution in [0.4, 0.5) is 0 Å². The number of benzene rings is 2. The van der Waals surface area contributed by atoms with E-state index in [1.165, 1.54) is 5.56 Å². The highest BCUT2D eigenvalue weighted by Gasteiger charge is 2.09. The van der Waals surface area contributed by atoms with Crippen LogP contribution in [0, 0.1) is 6.92 Å². The number of ether oxygens (including phenoxy) is 1. The highest BCUT2D eigenvalue weighted by molar-refractivity contribution is 6.31. The number of amides is 1. The molecule has 24 heavy (non-hydrogen) atoms. The molecule has 0 saturated heterocycles. The third kappa shape index (κ3) is 3.89. The zero-order chi connectivity index (χ0) is 16.9. The molecule has 2 N–H and O–H groups in total. The van der Waals surface area contributed by atoms with Crippen molar-refractivity contribution < 1.29 is 9.53 Å². The quantitative estimate of drug-likeness (QED) is 0.714. The van der Waals surface area contributed by atoms with Gasteiger partial charge in [-0.3, -0.25) is 4.79 Å². The molecule has 1 aromatic heterocycles. The summed E-state index contributed by atoms with van der Waals surface area (Å²) in [7, 11) is 0. The van der Waals surface area contributed by atoms with Crippen LogP contribution in [-0.2, 0) is 11.2 Å². The molecule has 0 unspecified atom stereocenters. The lowest BCUT2D eigenvalue weighted by Crippen LogP contribution is -2.30. The number of halogens is 1. The van der Waals surface area contributed by atoms with E-state index in [0.717, 1.165) is 23.0 Å². The Balaban J connectivity index is 1.54. The molecule has 0 aliphatic rings. The fourth-order valence-electron chi connectivity index (χ4n) is 2.72. The summed E-state index contributed by atoms with van der Waals surface area (Å²) in [5.74, 6) is 0.559. The van der Waals surface area contributed by atoms with E-state index in [0.29, 0.717) is 17.3 Å². The number of aromatic amines is 1. The van der Waals surface area contributed by atoms with Gasteiger partial charge >= 0.3 is 0 Å². The summed E-state index contributed by atoms with van der Waals surface area (Å²) in [4.78, 5) is 15.2. The Kier molecular flexibility index (Phi) is 5.06. The van der Waals surface area contributed by atoms with Gasteiger partial charge in [0, 0.05) is 28.2 Å². The summed E-state index contributed by atoms with van der Waals surface area (Å²) in [6, 6.07) is 15.1. The van der Waals surface area contributed by atoms with Crippen LogP contribution in [0.15, 0.2) is 48.5 Å². The molecule has 0 aliphatic carbocycles. The van der Waals surface area contributed by atoms with Crippen LogP contribution in [-0.4, -0.2) is 24.0 Å². The summed E-state index contributed by atoms with van der Waals surface area (Å²) < 4.78 is 5.43. The van der Waals surface area contributed by atoms with Crippen LogP contribution in [0.1, 0.15) is 11.3 Å². The van der Waals surface area contributed by atoms with Gasteiger partial charge in [-0.2, -0.15) is 0 Å². The SMILES string of the molecule is Cc1[nH]c2ccc(Cl)cc2c1CCNC(=O)COc1ccccc1. The topological polar surface area (TPSA) is 54.1 Å². The Bertz CT molecular complexity index is 843. The number of para-hydroxylation sites is 1. The van der Waals surface area contributed by atoms with Crippen molar-refractivity contribution >= 4 is 28.4 Å². The number of hydrogen-bond donors (Lipinski definition) is 2. The minimum absolute atomic E-state index is 0.0166. The van der Waals surface area contributed by atoms with Crippen molar-refractivity contribution in [2.24, 2.45) is 0 Å². The minimum Gasteiger partial charge on any atom is -0.484 e. The number of H-pyrrole nitrogens is 1. The van der Waals surface area contributed by atoms with Crippen LogP contribution in [0.25, 0.3) is 10.9 Å². The van der Waals surface area contributed by atoms with Gasteiger partial charge in [0.25, 0.3) is 5.91 Å². The third-order valence-corrected chi connectivity index (χ3v) is 4.13. The van der Waals surface area contributed by atoms with Crippen molar-refractivity contribution in [3.63, 3.8) is 0 Å². The summed E-state index contributed by atoms with van der Waals surface area (Å²) in [5, 5.41) is 4.70. The average molecular weight is 343 g/mol. The Hall–Kier alpha value is -2.46. The maximum absolute atomic E-state index is 11.9. The summed E-state index contributed by atoms with van der Waals surface area (Å²) in [6.45, 7) is 2.60. The fraction of sp³-hybridized carbons (Fsp3) is 0.211. The maximum Gasteiger partial charge on any atom is 0.257 e. The second kappa shape index (κ2) is 7.41. The van der Waals surface area contributed by atoms with E-state index >= 15 is 0 Å². The first kappa shape index (κ1) is 16.4. The van der Waals surface area contributed by atoms with Gasteiger partial charge in [-0.25, -0.2) is 0 Å². The second-order valence-corrected chi connectivity index (χ2v) is 6.06. The molecular formula is C19H19ClN2O2. The smallest absolute Gasteiger partial charge is 0.257 e. The largest absolute Gasteiger partial charge is 0.484 e. The Labute approximate surface area is 145 Å². The van der Waals surface area contributed by atoms with Crippen LogP contribution < -0.4 is 10.1 Å². The van der Waals surface area contributed by atoms with Gasteiger partial charge in [0.15, 0.2) is 6.61 Å². The zero-order valence-corrected chi connectivity index (χ0v) is 14.2. The fourth-order valence-corrected chi connectivity index (χ4v) is 2.89. The Morgan fingerprint density at radius 1 is 1.21 bits per heavy atom. The molecule has 0 atom stereocenters. The summed E-state index contributed by atoms with van der Waals surface area (Å²) in [5.41, 5.74) is 3.34. The third-order valence-electron chi connectivity index (χ3n) is 3.89. The number of nitrogens with one attached hydrogen (secondary N) is 2. The first-order valence-corrected chi connectivity index (χ1v) is 8.22. The Morgan fingerprint density at radius 2 is 2.00 bits per heavy atom. The van der Waals surface area contributed by atoms with Crippen molar-refractivity contribution in [3.05, 3.63) is 64.8 Å². The molecule has 1 amide bonds. The lowest BCUT2D eigenvalue weighted by Gasteiger charge is -2.07. The van der Waals surface area contributed by atoms with Crippen LogP contribution in [0.3, 0.4) is 0 Å². The molecule has 3 rings (SSSR count). The standard InChI is InChI=1S/C19H19ClN2O2/c1-13-16(17-11-14(20)7-8-18(17)22-13)9-10-21-19(23)12-24-15-5-3-2-4-6-15/h2-8,11,22H,9-10,12H2,1H3,(H,21,23). The number of rotatable bonds is 6. The van der Waals surface area contributed by atoms with Gasteiger partial charge in [0.1, 0.15) is 5.75 Å². The minimum atomic E-state index is -0.130. The van der Waals surface area contributed by atoms with Gasteiger partial charge in [-0.1, -0.05) is 29.8 Å². The van der Waals surface area contributed by atoms with Crippen LogP contribution in [0.2, 0.25) is 5.02 Å². The number of carbonyl (C=O) groups is 1. The molecule has 5 heteroatoms. The summed E-state index contributed by atoms with van der Waals surface area (Å²) >= 11 is 6.08. The zero-order valence-electron chi connectivity index (χ0n) is 13.4. The van der Waals surface area contributed by atoms with E-state index in [1.54, 1.807) is 0 Å². The molecule has 0 fully saturated rings. The second-order valence-electron chi connectivity index (χ2n) is 5.62. The van der Waals surface area contributed by atoms with Crippen molar-refractivity contribution in [1.82, 2.24) is 10.3 Å². The van der Waals surface area contributed by atoms with E-state index in [-0.39, 0.29) is 12.5 Å². The number of aromatic nitrogens is 1. The molecular weight excluding hydrogens is 324 g/mol. The van der Waals surface area contributed by atoms with Gasteiger partial charge < -0.3 is 15.0 Å². The molecule has 3 aromatic rings. The summed E-state index contributed by atoms with van der Waals surface area (Å²) in [6.07, 6.45) is 0.739. The number of aryl methyl sites for hydroxylation is 1. The van der Waals surface area contributed by atoms with Gasteiger partial charge in [0.05, 0.1) is 0 Å². The molecule has 0 radical (unpaired) electrons. The van der Waals surface area contributed by atoms with Crippen LogP contribution >= 0.6 is 11.6 Å². The monoisotopic (exact) mass is 342 g/mol. The van der Waals surface area contributed by atoms with Gasteiger partial charge in [0.2, 0.25) is 0 Å². The van der Waals surface area contributed by atoms with E-state index in [4.69, 9.17) is 16.3 Å². The number of carbonyl (C=O) groups excluding carboxylic acids is 1. The molecule has 1 heterocycles. The highest BCUT2D eigenvalue weighted by atomic mass is 35.5. The first-order chi connectivity index (χ1) is 11.6. The lowest BCUT2D eigenvalue weighted by molar-refractivity contribution is -0.123. The molecule has 4 nitrogen and oxygen atoms in total. The number of fused-ring (bicyclic) bond motifs is 1. The molecule has 0 spiro atoms. The lowest BCUT2D eigenvalue weighted by atomic mass is 10.1. The van der Waals surface area contributed by atoms with E-state index in [2.05, 4.69) is 10.3 Å². The first-order valence-electron chi connectivity index (χ1n) is 7.85. The normalized spacial score (nSPS) is 10.8. The predicted molar refractivity (Wildman–Crippen MR) is 96.7 cm³/mol. The van der Waals surface area contributed by atoms with Gasteiger partial charge in [-0.05, 0) is 49.2 Å². The molecule has 124 valence electrons. The number of hydrogen-bond acceptors (Lipinski definition) is 2. The highest BCUT2D eigenvalue weighted by Crippen LogP contribution is 2.25. The molecule has 0 saturated carbocycles. The average Bonchev–Trinajstić information content (AvgIpc) is 2.89. The van der Waals surface area contributed by atoms with Gasteiger partial charge in [-0.15, -0.1) is 0 Å². The Morgan fingerprint density at radius 3 is 2.79 bits per heavy atom.